The number of likely N-dealkylation sites (tertiary alicyclic amines) is 1. The molecule has 0 unspecified atom stereocenters. The number of anilines is 2. The number of amides is 1. The minimum Gasteiger partial charge on any atom is -0.381 e. The van der Waals surface area contributed by atoms with Gasteiger partial charge in [0.2, 0.25) is 5.91 Å². The number of nitrogens with one attached hydrogen (secondary N) is 2. The number of nitrogens with zero attached hydrogens (tertiary/aromatic N) is 2. The van der Waals surface area contributed by atoms with Crippen molar-refractivity contribution < 1.29 is 4.79 Å². The first-order valence-electron chi connectivity index (χ1n) is 8.02. The highest BCUT2D eigenvalue weighted by Crippen LogP contribution is 2.19. The fourth-order valence-electron chi connectivity index (χ4n) is 2.88. The van der Waals surface area contributed by atoms with Crippen LogP contribution in [-0.4, -0.2) is 47.5 Å². The molecule has 6 nitrogen and oxygen atoms in total. The average molecular weight is 305 g/mol. The molecule has 122 valence electrons. The van der Waals surface area contributed by atoms with Gasteiger partial charge < -0.3 is 21.3 Å². The Labute approximate surface area is 132 Å². The zero-order valence-electron chi connectivity index (χ0n) is 13.5. The smallest absolute Gasteiger partial charge is 0.222 e. The van der Waals surface area contributed by atoms with Crippen LogP contribution in [0.3, 0.4) is 0 Å². The quantitative estimate of drug-likeness (QED) is 0.744. The van der Waals surface area contributed by atoms with E-state index in [1.54, 1.807) is 6.20 Å². The summed E-state index contributed by atoms with van der Waals surface area (Å²) in [6, 6.07) is 4.84. The number of nitrogens with two attached hydrogens (primary N) is 1. The van der Waals surface area contributed by atoms with Crippen molar-refractivity contribution in [3.05, 3.63) is 18.3 Å². The summed E-state index contributed by atoms with van der Waals surface area (Å²) in [5.74, 6) is 0.482. The van der Waals surface area contributed by atoms with Crippen molar-refractivity contribution in [2.24, 2.45) is 5.73 Å². The predicted octanol–water partition coefficient (Wildman–Crippen LogP) is 1.65. The highest BCUT2D eigenvalue weighted by atomic mass is 16.1. The number of hydrogen-bond acceptors (Lipinski definition) is 5. The predicted molar refractivity (Wildman–Crippen MR) is 89.9 cm³/mol. The number of rotatable bonds is 6. The topological polar surface area (TPSA) is 83.3 Å². The van der Waals surface area contributed by atoms with Gasteiger partial charge in [-0.15, -0.1) is 0 Å². The van der Waals surface area contributed by atoms with Gasteiger partial charge in [0, 0.05) is 32.1 Å². The number of hydrogen-bond donors (Lipinski definition) is 3. The van der Waals surface area contributed by atoms with Gasteiger partial charge in [-0.3, -0.25) is 4.79 Å². The summed E-state index contributed by atoms with van der Waals surface area (Å²) in [6.45, 7) is 6.71. The van der Waals surface area contributed by atoms with E-state index in [0.717, 1.165) is 44.6 Å². The normalized spacial score (nSPS) is 18.0. The van der Waals surface area contributed by atoms with Gasteiger partial charge in [-0.25, -0.2) is 4.98 Å². The van der Waals surface area contributed by atoms with E-state index in [0.29, 0.717) is 17.9 Å². The third-order valence-corrected chi connectivity index (χ3v) is 4.18. The zero-order valence-corrected chi connectivity index (χ0v) is 13.5. The number of piperidine rings is 1. The molecule has 0 aromatic carbocycles. The molecule has 1 aliphatic rings. The van der Waals surface area contributed by atoms with Crippen molar-refractivity contribution >= 4 is 17.4 Å². The molecule has 1 aliphatic heterocycles. The van der Waals surface area contributed by atoms with E-state index in [1.165, 1.54) is 6.92 Å². The molecule has 1 aromatic rings. The molecule has 0 radical (unpaired) electrons. The first-order chi connectivity index (χ1) is 10.6. The molecule has 22 heavy (non-hydrogen) atoms. The summed E-state index contributed by atoms with van der Waals surface area (Å²) in [7, 11) is 0. The number of carbonyl (C=O) groups excluding carboxylic acids is 1. The van der Waals surface area contributed by atoms with Crippen LogP contribution in [0.25, 0.3) is 0 Å². The van der Waals surface area contributed by atoms with Crippen LogP contribution in [0.2, 0.25) is 0 Å². The van der Waals surface area contributed by atoms with Gasteiger partial charge >= 0.3 is 0 Å². The second-order valence-electron chi connectivity index (χ2n) is 5.99. The Kier molecular flexibility index (Phi) is 6.15. The summed E-state index contributed by atoms with van der Waals surface area (Å²) in [5, 5.41) is 6.20. The van der Waals surface area contributed by atoms with Crippen LogP contribution in [-0.2, 0) is 4.79 Å². The van der Waals surface area contributed by atoms with Crippen molar-refractivity contribution in [1.29, 1.82) is 0 Å². The van der Waals surface area contributed by atoms with Crippen molar-refractivity contribution in [2.45, 2.75) is 45.2 Å². The maximum absolute atomic E-state index is 11.0. The number of carbonyl (C=O) groups is 1. The Morgan fingerprint density at radius 2 is 2.18 bits per heavy atom. The van der Waals surface area contributed by atoms with Gasteiger partial charge in [-0.05, 0) is 44.9 Å². The van der Waals surface area contributed by atoms with E-state index in [4.69, 9.17) is 5.73 Å². The maximum atomic E-state index is 11.0. The highest BCUT2D eigenvalue weighted by molar-refractivity contribution is 5.87. The van der Waals surface area contributed by atoms with Crippen LogP contribution in [0, 0.1) is 0 Å². The van der Waals surface area contributed by atoms with Gasteiger partial charge in [0.05, 0.1) is 11.9 Å². The van der Waals surface area contributed by atoms with Crippen LogP contribution in [0.1, 0.15) is 33.1 Å². The van der Waals surface area contributed by atoms with Crippen LogP contribution in [0.5, 0.6) is 0 Å². The summed E-state index contributed by atoms with van der Waals surface area (Å²) in [5.41, 5.74) is 6.64. The molecule has 0 spiro atoms. The second kappa shape index (κ2) is 8.10. The third-order valence-electron chi connectivity index (χ3n) is 4.18. The number of aromatic nitrogens is 1. The molecule has 1 amide bonds. The van der Waals surface area contributed by atoms with Gasteiger partial charge in [0.25, 0.3) is 0 Å². The summed E-state index contributed by atoms with van der Waals surface area (Å²) < 4.78 is 0. The fraction of sp³-hybridized carbons (Fsp3) is 0.625. The standard InChI is InChI=1S/C16H27N5O/c1-12(5-8-17)21-9-6-14(7-10-21)20-15-3-4-16(18-11-15)19-13(2)22/h3-4,11-12,14,20H,5-10,17H2,1-2H3,(H,18,19,22)/t12-/m1/s1. The Bertz CT molecular complexity index is 468. The summed E-state index contributed by atoms with van der Waals surface area (Å²) >= 11 is 0. The molecule has 0 aliphatic carbocycles. The Morgan fingerprint density at radius 1 is 1.45 bits per heavy atom. The minimum absolute atomic E-state index is 0.104. The SMILES string of the molecule is CC(=O)Nc1ccc(NC2CCN([C@H](C)CCN)CC2)cn1. The van der Waals surface area contributed by atoms with Crippen LogP contribution in [0.15, 0.2) is 18.3 Å². The fourth-order valence-corrected chi connectivity index (χ4v) is 2.88. The van der Waals surface area contributed by atoms with Crippen LogP contribution < -0.4 is 16.4 Å². The molecule has 1 saturated heterocycles. The summed E-state index contributed by atoms with van der Waals surface area (Å²) in [6.07, 6.45) is 5.09. The Morgan fingerprint density at radius 3 is 2.73 bits per heavy atom. The van der Waals surface area contributed by atoms with Crippen molar-refractivity contribution in [3.8, 4) is 0 Å². The second-order valence-corrected chi connectivity index (χ2v) is 5.99. The maximum Gasteiger partial charge on any atom is 0.222 e. The van der Waals surface area contributed by atoms with E-state index in [-0.39, 0.29) is 5.91 Å². The third kappa shape index (κ3) is 4.96. The average Bonchev–Trinajstić information content (AvgIpc) is 2.50. The molecule has 4 N–H and O–H groups in total. The van der Waals surface area contributed by atoms with Gasteiger partial charge in [0.1, 0.15) is 5.82 Å². The van der Waals surface area contributed by atoms with E-state index in [9.17, 15) is 4.79 Å². The van der Waals surface area contributed by atoms with E-state index in [1.807, 2.05) is 12.1 Å². The Balaban J connectivity index is 1.79. The lowest BCUT2D eigenvalue weighted by Gasteiger charge is -2.36. The first kappa shape index (κ1) is 16.7. The molecule has 6 heteroatoms. The molecular formula is C16H27N5O. The molecule has 1 fully saturated rings. The van der Waals surface area contributed by atoms with Crippen LogP contribution >= 0.6 is 0 Å². The molecule has 2 heterocycles. The number of pyridine rings is 1. The zero-order chi connectivity index (χ0) is 15.9. The first-order valence-corrected chi connectivity index (χ1v) is 8.02. The van der Waals surface area contributed by atoms with Crippen molar-refractivity contribution in [2.75, 3.05) is 30.3 Å². The van der Waals surface area contributed by atoms with Gasteiger partial charge in [-0.1, -0.05) is 0 Å². The lowest BCUT2D eigenvalue weighted by atomic mass is 10.0. The van der Waals surface area contributed by atoms with E-state index in [2.05, 4.69) is 27.4 Å². The molecule has 0 saturated carbocycles. The summed E-state index contributed by atoms with van der Waals surface area (Å²) in [4.78, 5) is 17.7. The minimum atomic E-state index is -0.104. The largest absolute Gasteiger partial charge is 0.381 e. The van der Waals surface area contributed by atoms with E-state index < -0.39 is 0 Å². The van der Waals surface area contributed by atoms with Gasteiger partial charge in [0.15, 0.2) is 0 Å². The molecule has 0 bridgehead atoms. The van der Waals surface area contributed by atoms with Crippen molar-refractivity contribution in [1.82, 2.24) is 9.88 Å². The Hall–Kier alpha value is -1.66. The van der Waals surface area contributed by atoms with Crippen LogP contribution in [0.4, 0.5) is 11.5 Å². The van der Waals surface area contributed by atoms with Gasteiger partial charge in [-0.2, -0.15) is 0 Å². The molecular weight excluding hydrogens is 278 g/mol. The molecule has 1 aromatic heterocycles. The lowest BCUT2D eigenvalue weighted by molar-refractivity contribution is -0.114. The lowest BCUT2D eigenvalue weighted by Crippen LogP contribution is -2.44. The highest BCUT2D eigenvalue weighted by Gasteiger charge is 2.22. The monoisotopic (exact) mass is 305 g/mol. The molecule has 1 atom stereocenters. The van der Waals surface area contributed by atoms with E-state index >= 15 is 0 Å². The van der Waals surface area contributed by atoms with Crippen molar-refractivity contribution in [3.63, 3.8) is 0 Å². The molecule has 2 rings (SSSR count).